The molecule has 1 heterocycles. The Morgan fingerprint density at radius 3 is 2.78 bits per heavy atom. The highest BCUT2D eigenvalue weighted by Crippen LogP contribution is 2.21. The monoisotopic (exact) mass is 261 g/mol. The van der Waals surface area contributed by atoms with Crippen LogP contribution in [-0.2, 0) is 6.42 Å². The zero-order valence-electron chi connectivity index (χ0n) is 11.3. The van der Waals surface area contributed by atoms with Crippen LogP contribution in [0.4, 0.5) is 0 Å². The lowest BCUT2D eigenvalue weighted by atomic mass is 10.0. The summed E-state index contributed by atoms with van der Waals surface area (Å²) in [4.78, 5) is 0. The van der Waals surface area contributed by atoms with Gasteiger partial charge in [0.15, 0.2) is 0 Å². The molecule has 0 aliphatic carbocycles. The van der Waals surface area contributed by atoms with Crippen LogP contribution in [0.1, 0.15) is 39.7 Å². The fourth-order valence-corrected chi connectivity index (χ4v) is 2.72. The number of hydrogen-bond acceptors (Lipinski definition) is 4. The van der Waals surface area contributed by atoms with Gasteiger partial charge in [0.25, 0.3) is 0 Å². The normalized spacial score (nSPS) is 12.7. The maximum Gasteiger partial charge on any atom is 0.134 e. The predicted octanol–water partition coefficient (Wildman–Crippen LogP) is 3.03. The molecule has 0 aliphatic heterocycles. The molecule has 2 rings (SSSR count). The molecule has 1 atom stereocenters. The molecule has 0 saturated heterocycles. The summed E-state index contributed by atoms with van der Waals surface area (Å²) in [5, 5.41) is 13.8. The van der Waals surface area contributed by atoms with Crippen LogP contribution in [0.3, 0.4) is 0 Å². The first-order valence-electron chi connectivity index (χ1n) is 6.16. The van der Waals surface area contributed by atoms with E-state index in [0.717, 1.165) is 16.4 Å². The smallest absolute Gasteiger partial charge is 0.134 e. The minimum absolute atomic E-state index is 0.273. The molecule has 0 fully saturated rings. The second kappa shape index (κ2) is 5.59. The van der Waals surface area contributed by atoms with E-state index < -0.39 is 0 Å². The summed E-state index contributed by atoms with van der Waals surface area (Å²) in [5.41, 5.74) is 3.96. The quantitative estimate of drug-likeness (QED) is 0.919. The first-order chi connectivity index (χ1) is 8.60. The van der Waals surface area contributed by atoms with E-state index in [0.29, 0.717) is 0 Å². The summed E-state index contributed by atoms with van der Waals surface area (Å²) in [6.45, 7) is 6.37. The van der Waals surface area contributed by atoms with Gasteiger partial charge in [-0.2, -0.15) is 0 Å². The van der Waals surface area contributed by atoms with Crippen molar-refractivity contribution in [3.8, 4) is 0 Å². The number of aryl methyl sites for hydroxylation is 2. The topological polar surface area (TPSA) is 37.8 Å². The Morgan fingerprint density at radius 2 is 2.06 bits per heavy atom. The van der Waals surface area contributed by atoms with E-state index in [1.54, 1.807) is 11.3 Å². The lowest BCUT2D eigenvalue weighted by Gasteiger charge is -2.05. The zero-order chi connectivity index (χ0) is 13.1. The molecule has 1 aromatic carbocycles. The van der Waals surface area contributed by atoms with E-state index in [9.17, 15) is 0 Å². The molecule has 0 spiro atoms. The maximum absolute atomic E-state index is 4.28. The Morgan fingerprint density at radius 1 is 1.28 bits per heavy atom. The van der Waals surface area contributed by atoms with Crippen LogP contribution in [0.15, 0.2) is 18.2 Å². The molecule has 18 heavy (non-hydrogen) atoms. The van der Waals surface area contributed by atoms with Crippen molar-refractivity contribution >= 4 is 11.3 Å². The average molecular weight is 261 g/mol. The third-order valence-corrected chi connectivity index (χ3v) is 4.24. The lowest BCUT2D eigenvalue weighted by molar-refractivity contribution is 0.639. The predicted molar refractivity (Wildman–Crippen MR) is 76.1 cm³/mol. The van der Waals surface area contributed by atoms with Crippen LogP contribution >= 0.6 is 11.3 Å². The minimum atomic E-state index is 0.273. The average Bonchev–Trinajstić information content (AvgIpc) is 2.81. The molecule has 0 saturated carbocycles. The second-order valence-electron chi connectivity index (χ2n) is 4.65. The maximum atomic E-state index is 4.28. The summed E-state index contributed by atoms with van der Waals surface area (Å²) >= 11 is 1.69. The fourth-order valence-electron chi connectivity index (χ4n) is 1.79. The number of hydrogen-bond donors (Lipinski definition) is 1. The van der Waals surface area contributed by atoms with E-state index in [1.165, 1.54) is 16.7 Å². The number of aromatic nitrogens is 2. The molecular formula is C14H19N3S. The van der Waals surface area contributed by atoms with Crippen molar-refractivity contribution in [2.75, 3.05) is 7.05 Å². The Labute approximate surface area is 112 Å². The van der Waals surface area contributed by atoms with Crippen LogP contribution in [0, 0.1) is 13.8 Å². The lowest BCUT2D eigenvalue weighted by Crippen LogP contribution is -2.11. The summed E-state index contributed by atoms with van der Waals surface area (Å²) in [6.07, 6.45) is 0.877. The number of nitrogens with zero attached hydrogens (tertiary/aromatic N) is 2. The number of benzene rings is 1. The molecule has 0 aliphatic rings. The minimum Gasteiger partial charge on any atom is -0.311 e. The van der Waals surface area contributed by atoms with E-state index >= 15 is 0 Å². The Balaban J connectivity index is 2.18. The van der Waals surface area contributed by atoms with E-state index in [1.807, 2.05) is 7.05 Å². The van der Waals surface area contributed by atoms with Crippen molar-refractivity contribution in [1.29, 1.82) is 0 Å². The van der Waals surface area contributed by atoms with Gasteiger partial charge in [0, 0.05) is 6.42 Å². The van der Waals surface area contributed by atoms with E-state index in [-0.39, 0.29) is 6.04 Å². The molecular weight excluding hydrogens is 242 g/mol. The van der Waals surface area contributed by atoms with Gasteiger partial charge in [0.1, 0.15) is 10.0 Å². The van der Waals surface area contributed by atoms with Gasteiger partial charge in [0.2, 0.25) is 0 Å². The van der Waals surface area contributed by atoms with Crippen molar-refractivity contribution in [3.05, 3.63) is 44.9 Å². The van der Waals surface area contributed by atoms with Crippen LogP contribution in [0.25, 0.3) is 0 Å². The molecule has 4 heteroatoms. The molecule has 3 nitrogen and oxygen atoms in total. The van der Waals surface area contributed by atoms with Gasteiger partial charge < -0.3 is 5.32 Å². The molecule has 1 aromatic heterocycles. The Bertz CT molecular complexity index is 534. The molecule has 96 valence electrons. The molecule has 0 amide bonds. The van der Waals surface area contributed by atoms with Crippen LogP contribution in [0.2, 0.25) is 0 Å². The van der Waals surface area contributed by atoms with Crippen molar-refractivity contribution in [3.63, 3.8) is 0 Å². The highest BCUT2D eigenvalue weighted by atomic mass is 32.1. The molecule has 1 N–H and O–H groups in total. The molecule has 1 unspecified atom stereocenters. The number of nitrogens with one attached hydrogen (secondary N) is 1. The SMILES string of the molecule is CNC(C)c1nnc(Cc2cc(C)ccc2C)s1. The van der Waals surface area contributed by atoms with Gasteiger partial charge in [-0.3, -0.25) is 0 Å². The van der Waals surface area contributed by atoms with Crippen molar-refractivity contribution in [1.82, 2.24) is 15.5 Å². The van der Waals surface area contributed by atoms with Crippen molar-refractivity contribution in [2.45, 2.75) is 33.2 Å². The molecule has 2 aromatic rings. The fraction of sp³-hybridized carbons (Fsp3) is 0.429. The first kappa shape index (κ1) is 13.2. The third kappa shape index (κ3) is 2.94. The summed E-state index contributed by atoms with van der Waals surface area (Å²) in [5.74, 6) is 0. The van der Waals surface area contributed by atoms with Gasteiger partial charge in [-0.15, -0.1) is 10.2 Å². The number of rotatable bonds is 4. The van der Waals surface area contributed by atoms with Crippen molar-refractivity contribution < 1.29 is 0 Å². The van der Waals surface area contributed by atoms with Gasteiger partial charge in [-0.1, -0.05) is 35.1 Å². The highest BCUT2D eigenvalue weighted by Gasteiger charge is 2.11. The molecule has 0 bridgehead atoms. The Hall–Kier alpha value is -1.26. The third-order valence-electron chi connectivity index (χ3n) is 3.13. The first-order valence-corrected chi connectivity index (χ1v) is 6.97. The van der Waals surface area contributed by atoms with Crippen LogP contribution in [0.5, 0.6) is 0 Å². The van der Waals surface area contributed by atoms with Gasteiger partial charge in [-0.25, -0.2) is 0 Å². The standard InChI is InChI=1S/C14H19N3S/c1-9-5-6-10(2)12(7-9)8-13-16-17-14(18-13)11(3)15-4/h5-7,11,15H,8H2,1-4H3. The van der Waals surface area contributed by atoms with Gasteiger partial charge in [-0.05, 0) is 38.9 Å². The largest absolute Gasteiger partial charge is 0.311 e. The highest BCUT2D eigenvalue weighted by molar-refractivity contribution is 7.11. The summed E-state index contributed by atoms with van der Waals surface area (Å²) < 4.78 is 0. The van der Waals surface area contributed by atoms with E-state index in [4.69, 9.17) is 0 Å². The second-order valence-corrected chi connectivity index (χ2v) is 5.74. The Kier molecular flexibility index (Phi) is 4.09. The van der Waals surface area contributed by atoms with Gasteiger partial charge in [0.05, 0.1) is 6.04 Å². The van der Waals surface area contributed by atoms with Gasteiger partial charge >= 0.3 is 0 Å². The van der Waals surface area contributed by atoms with Crippen LogP contribution in [-0.4, -0.2) is 17.2 Å². The van der Waals surface area contributed by atoms with E-state index in [2.05, 4.69) is 54.5 Å². The zero-order valence-corrected chi connectivity index (χ0v) is 12.1. The summed E-state index contributed by atoms with van der Waals surface area (Å²) in [7, 11) is 1.94. The van der Waals surface area contributed by atoms with Crippen LogP contribution < -0.4 is 5.32 Å². The summed E-state index contributed by atoms with van der Waals surface area (Å²) in [6, 6.07) is 6.82. The molecule has 0 radical (unpaired) electrons. The van der Waals surface area contributed by atoms with Crippen molar-refractivity contribution in [2.24, 2.45) is 0 Å².